The number of benzene rings is 1. The summed E-state index contributed by atoms with van der Waals surface area (Å²) < 4.78 is 0. The molecule has 0 aliphatic heterocycles. The van der Waals surface area contributed by atoms with E-state index in [1.54, 1.807) is 12.3 Å². The number of carbonyl (C=O) groups is 1. The summed E-state index contributed by atoms with van der Waals surface area (Å²) in [6.07, 6.45) is 9.59. The lowest BCUT2D eigenvalue weighted by molar-refractivity contribution is -0.115. The quantitative estimate of drug-likeness (QED) is 0.609. The predicted octanol–water partition coefficient (Wildman–Crippen LogP) is 4.35. The number of phenolic OH excluding ortho intramolecular Hbond substituents is 2. The van der Waals surface area contributed by atoms with E-state index in [2.05, 4.69) is 4.98 Å². The summed E-state index contributed by atoms with van der Waals surface area (Å²) in [5.74, 6) is 0.379. The molecule has 1 saturated carbocycles. The van der Waals surface area contributed by atoms with Gasteiger partial charge in [-0.15, -0.1) is 0 Å². The number of carbonyl (C=O) groups excluding carboxylic acids is 1. The van der Waals surface area contributed by atoms with E-state index >= 15 is 0 Å². The van der Waals surface area contributed by atoms with Crippen molar-refractivity contribution in [2.75, 3.05) is 4.90 Å². The van der Waals surface area contributed by atoms with Crippen LogP contribution in [-0.4, -0.2) is 27.1 Å². The van der Waals surface area contributed by atoms with Crippen molar-refractivity contribution in [2.24, 2.45) is 0 Å². The molecule has 0 bridgehead atoms. The number of phenols is 2. The van der Waals surface area contributed by atoms with Crippen LogP contribution in [0.25, 0.3) is 0 Å². The Kier molecular flexibility index (Phi) is 6.12. The van der Waals surface area contributed by atoms with Gasteiger partial charge in [0.2, 0.25) is 0 Å². The molecule has 0 unspecified atom stereocenters. The largest absolute Gasteiger partial charge is 0.504 e. The maximum Gasteiger partial charge on any atom is 0.255 e. The second kappa shape index (κ2) is 8.71. The minimum Gasteiger partial charge on any atom is -0.504 e. The van der Waals surface area contributed by atoms with E-state index in [1.807, 2.05) is 36.1 Å². The van der Waals surface area contributed by atoms with Crippen molar-refractivity contribution in [3.05, 3.63) is 59.8 Å². The van der Waals surface area contributed by atoms with Gasteiger partial charge in [0, 0.05) is 17.8 Å². The summed E-state index contributed by atoms with van der Waals surface area (Å²) in [6, 6.07) is 10.5. The van der Waals surface area contributed by atoms with Crippen LogP contribution < -0.4 is 4.90 Å². The average molecular weight is 366 g/mol. The maximum absolute atomic E-state index is 13.2. The maximum atomic E-state index is 13.2. The molecular weight excluding hydrogens is 340 g/mol. The number of hydrogen-bond donors (Lipinski definition) is 2. The topological polar surface area (TPSA) is 73.7 Å². The molecule has 1 aliphatic rings. The van der Waals surface area contributed by atoms with E-state index in [9.17, 15) is 15.0 Å². The Bertz CT molecular complexity index is 812. The van der Waals surface area contributed by atoms with E-state index in [0.29, 0.717) is 17.8 Å². The number of anilines is 1. The number of amides is 1. The highest BCUT2D eigenvalue weighted by molar-refractivity contribution is 6.05. The summed E-state index contributed by atoms with van der Waals surface area (Å²) in [6.45, 7) is 1.82. The molecule has 3 rings (SSSR count). The highest BCUT2D eigenvalue weighted by Crippen LogP contribution is 2.28. The molecule has 0 saturated heterocycles. The van der Waals surface area contributed by atoms with Crippen molar-refractivity contribution < 1.29 is 15.0 Å². The average Bonchev–Trinajstić information content (AvgIpc) is 2.70. The van der Waals surface area contributed by atoms with Crippen molar-refractivity contribution >= 4 is 11.7 Å². The van der Waals surface area contributed by atoms with Gasteiger partial charge in [-0.2, -0.15) is 0 Å². The molecule has 1 amide bonds. The number of nitrogens with zero attached hydrogens (tertiary/aromatic N) is 2. The summed E-state index contributed by atoms with van der Waals surface area (Å²) in [5, 5.41) is 19.0. The Morgan fingerprint density at radius 3 is 2.59 bits per heavy atom. The van der Waals surface area contributed by atoms with Crippen LogP contribution in [0.15, 0.2) is 54.2 Å². The molecule has 0 radical (unpaired) electrons. The normalized spacial score (nSPS) is 15.5. The summed E-state index contributed by atoms with van der Waals surface area (Å²) >= 11 is 0. The number of hydrogen-bond acceptors (Lipinski definition) is 4. The molecular formula is C22H26N2O3. The molecule has 0 spiro atoms. The van der Waals surface area contributed by atoms with Crippen molar-refractivity contribution in [1.82, 2.24) is 4.98 Å². The van der Waals surface area contributed by atoms with Crippen LogP contribution in [0, 0.1) is 0 Å². The second-order valence-electron chi connectivity index (χ2n) is 7.07. The molecule has 0 atom stereocenters. The third-order valence-corrected chi connectivity index (χ3v) is 5.08. The fourth-order valence-electron chi connectivity index (χ4n) is 3.54. The fraction of sp³-hybridized carbons (Fsp3) is 0.364. The standard InChI is InChI=1S/C22H26N2O3/c1-16(10-11-17-12-13-19(25)20(26)15-17)22(27)24(18-7-3-2-4-8-18)21-9-5-6-14-23-21/h5-6,9-10,12-15,18,25-26H,2-4,7-8,11H2,1H3/b16-10-. The Balaban J connectivity index is 1.80. The molecule has 1 aromatic heterocycles. The highest BCUT2D eigenvalue weighted by atomic mass is 16.3. The van der Waals surface area contributed by atoms with Gasteiger partial charge in [-0.3, -0.25) is 9.69 Å². The van der Waals surface area contributed by atoms with Gasteiger partial charge >= 0.3 is 0 Å². The monoisotopic (exact) mass is 366 g/mol. The lowest BCUT2D eigenvalue weighted by Gasteiger charge is -2.33. The first kappa shape index (κ1) is 19.0. The van der Waals surface area contributed by atoms with Crippen LogP contribution in [0.2, 0.25) is 0 Å². The van der Waals surface area contributed by atoms with Crippen molar-refractivity contribution in [3.8, 4) is 11.5 Å². The van der Waals surface area contributed by atoms with Crippen molar-refractivity contribution in [3.63, 3.8) is 0 Å². The minimum atomic E-state index is -0.151. The van der Waals surface area contributed by atoms with Gasteiger partial charge in [0.15, 0.2) is 11.5 Å². The van der Waals surface area contributed by atoms with Gasteiger partial charge in [0.05, 0.1) is 0 Å². The number of aromatic nitrogens is 1. The first-order valence-electron chi connectivity index (χ1n) is 9.48. The summed E-state index contributed by atoms with van der Waals surface area (Å²) in [5.41, 5.74) is 1.48. The SMILES string of the molecule is C/C(=C/Cc1ccc(O)c(O)c1)C(=O)N(c1ccccn1)C1CCCCC1. The third-order valence-electron chi connectivity index (χ3n) is 5.08. The Morgan fingerprint density at radius 2 is 1.93 bits per heavy atom. The van der Waals surface area contributed by atoms with E-state index in [-0.39, 0.29) is 23.4 Å². The Hall–Kier alpha value is -2.82. The fourth-order valence-corrected chi connectivity index (χ4v) is 3.54. The summed E-state index contributed by atoms with van der Waals surface area (Å²) in [7, 11) is 0. The third kappa shape index (κ3) is 4.67. The van der Waals surface area contributed by atoms with Gasteiger partial charge in [-0.05, 0) is 56.0 Å². The molecule has 27 heavy (non-hydrogen) atoms. The van der Waals surface area contributed by atoms with E-state index < -0.39 is 0 Å². The number of allylic oxidation sites excluding steroid dienone is 1. The lowest BCUT2D eigenvalue weighted by atomic mass is 9.93. The lowest BCUT2D eigenvalue weighted by Crippen LogP contribution is -2.42. The van der Waals surface area contributed by atoms with Gasteiger partial charge in [-0.1, -0.05) is 37.5 Å². The first-order valence-corrected chi connectivity index (χ1v) is 9.48. The molecule has 2 N–H and O–H groups in total. The van der Waals surface area contributed by atoms with Crippen LogP contribution in [0.4, 0.5) is 5.82 Å². The zero-order valence-electron chi connectivity index (χ0n) is 15.6. The minimum absolute atomic E-state index is 0.0244. The molecule has 1 fully saturated rings. The number of pyridine rings is 1. The van der Waals surface area contributed by atoms with Crippen LogP contribution in [0.3, 0.4) is 0 Å². The predicted molar refractivity (Wildman–Crippen MR) is 106 cm³/mol. The van der Waals surface area contributed by atoms with Crippen LogP contribution in [0.1, 0.15) is 44.6 Å². The van der Waals surface area contributed by atoms with Gasteiger partial charge in [0.1, 0.15) is 5.82 Å². The Morgan fingerprint density at radius 1 is 1.15 bits per heavy atom. The van der Waals surface area contributed by atoms with Crippen LogP contribution in [0.5, 0.6) is 11.5 Å². The van der Waals surface area contributed by atoms with Crippen molar-refractivity contribution in [1.29, 1.82) is 0 Å². The molecule has 1 aromatic carbocycles. The molecule has 5 nitrogen and oxygen atoms in total. The smallest absolute Gasteiger partial charge is 0.255 e. The van der Waals surface area contributed by atoms with Crippen LogP contribution >= 0.6 is 0 Å². The van der Waals surface area contributed by atoms with Gasteiger partial charge < -0.3 is 10.2 Å². The highest BCUT2D eigenvalue weighted by Gasteiger charge is 2.28. The van der Waals surface area contributed by atoms with E-state index in [1.165, 1.54) is 18.6 Å². The van der Waals surface area contributed by atoms with E-state index in [0.717, 1.165) is 31.2 Å². The number of rotatable bonds is 5. The molecule has 2 aromatic rings. The van der Waals surface area contributed by atoms with Gasteiger partial charge in [-0.25, -0.2) is 4.98 Å². The van der Waals surface area contributed by atoms with Crippen molar-refractivity contribution in [2.45, 2.75) is 51.5 Å². The first-order chi connectivity index (χ1) is 13.1. The van der Waals surface area contributed by atoms with Gasteiger partial charge in [0.25, 0.3) is 5.91 Å². The Labute approximate surface area is 160 Å². The van der Waals surface area contributed by atoms with E-state index in [4.69, 9.17) is 0 Å². The molecule has 142 valence electrons. The molecule has 1 aliphatic carbocycles. The molecule has 5 heteroatoms. The zero-order chi connectivity index (χ0) is 19.2. The zero-order valence-corrected chi connectivity index (χ0v) is 15.6. The second-order valence-corrected chi connectivity index (χ2v) is 7.07. The molecule has 1 heterocycles. The van der Waals surface area contributed by atoms with Crippen LogP contribution in [-0.2, 0) is 11.2 Å². The number of aromatic hydroxyl groups is 2. The summed E-state index contributed by atoms with van der Waals surface area (Å²) in [4.78, 5) is 19.5.